The summed E-state index contributed by atoms with van der Waals surface area (Å²) in [6, 6.07) is 8.05. The van der Waals surface area contributed by atoms with Crippen molar-refractivity contribution in [2.45, 2.75) is 33.1 Å². The van der Waals surface area contributed by atoms with Crippen molar-refractivity contribution in [3.8, 4) is 5.69 Å². The fourth-order valence-corrected chi connectivity index (χ4v) is 1.91. The second-order valence-corrected chi connectivity index (χ2v) is 4.85. The molecule has 0 radical (unpaired) electrons. The van der Waals surface area contributed by atoms with Crippen LogP contribution < -0.4 is 0 Å². The van der Waals surface area contributed by atoms with E-state index in [0.29, 0.717) is 11.6 Å². The smallest absolute Gasteiger partial charge is 0.309 e. The molecular weight excluding hydrogens is 242 g/mol. The van der Waals surface area contributed by atoms with Gasteiger partial charge < -0.3 is 5.11 Å². The molecule has 1 heterocycles. The Balaban J connectivity index is 2.31. The van der Waals surface area contributed by atoms with Gasteiger partial charge >= 0.3 is 5.97 Å². The molecular formula is C14H17N3O2. The average molecular weight is 259 g/mol. The molecule has 2 rings (SSSR count). The summed E-state index contributed by atoms with van der Waals surface area (Å²) in [5.74, 6) is -0.418. The zero-order chi connectivity index (χ0) is 14.0. The van der Waals surface area contributed by atoms with Crippen molar-refractivity contribution in [1.82, 2.24) is 15.0 Å². The van der Waals surface area contributed by atoms with Gasteiger partial charge in [0.1, 0.15) is 0 Å². The number of carbonyl (C=O) groups is 1. The minimum atomic E-state index is -0.898. The SMILES string of the molecule is Cc1c(CC(=O)O)nnn1-c1ccc(C(C)C)cc1. The highest BCUT2D eigenvalue weighted by molar-refractivity contribution is 5.69. The number of carboxylic acid groups (broad SMARTS) is 1. The Morgan fingerprint density at radius 2 is 1.95 bits per heavy atom. The van der Waals surface area contributed by atoms with E-state index in [1.807, 2.05) is 19.1 Å². The first-order chi connectivity index (χ1) is 8.99. The predicted molar refractivity (Wildman–Crippen MR) is 71.5 cm³/mol. The van der Waals surface area contributed by atoms with E-state index in [0.717, 1.165) is 11.4 Å². The molecule has 1 aromatic heterocycles. The summed E-state index contributed by atoms with van der Waals surface area (Å²) in [6.45, 7) is 6.11. The van der Waals surface area contributed by atoms with Gasteiger partial charge in [-0.05, 0) is 30.5 Å². The van der Waals surface area contributed by atoms with Gasteiger partial charge in [0.05, 0.1) is 23.5 Å². The third kappa shape index (κ3) is 2.81. The summed E-state index contributed by atoms with van der Waals surface area (Å²) >= 11 is 0. The molecule has 0 aliphatic carbocycles. The number of hydrogen-bond donors (Lipinski definition) is 1. The maximum atomic E-state index is 10.7. The number of hydrogen-bond acceptors (Lipinski definition) is 3. The fourth-order valence-electron chi connectivity index (χ4n) is 1.91. The average Bonchev–Trinajstić information content (AvgIpc) is 2.70. The van der Waals surface area contributed by atoms with Crippen molar-refractivity contribution in [1.29, 1.82) is 0 Å². The van der Waals surface area contributed by atoms with Crippen molar-refractivity contribution in [2.75, 3.05) is 0 Å². The van der Waals surface area contributed by atoms with Crippen LogP contribution in [0, 0.1) is 6.92 Å². The Kier molecular flexibility index (Phi) is 3.64. The highest BCUT2D eigenvalue weighted by Gasteiger charge is 2.13. The van der Waals surface area contributed by atoms with E-state index in [4.69, 9.17) is 5.11 Å². The van der Waals surface area contributed by atoms with Crippen molar-refractivity contribution in [3.63, 3.8) is 0 Å². The quantitative estimate of drug-likeness (QED) is 0.915. The van der Waals surface area contributed by atoms with Gasteiger partial charge in [0.25, 0.3) is 0 Å². The van der Waals surface area contributed by atoms with Gasteiger partial charge in [0.15, 0.2) is 0 Å². The Morgan fingerprint density at radius 1 is 1.32 bits per heavy atom. The molecule has 0 saturated carbocycles. The fraction of sp³-hybridized carbons (Fsp3) is 0.357. The van der Waals surface area contributed by atoms with Gasteiger partial charge in [0.2, 0.25) is 0 Å². The lowest BCUT2D eigenvalue weighted by molar-refractivity contribution is -0.136. The molecule has 1 aromatic carbocycles. The minimum absolute atomic E-state index is 0.101. The Labute approximate surface area is 111 Å². The first-order valence-electron chi connectivity index (χ1n) is 6.22. The number of rotatable bonds is 4. The van der Waals surface area contributed by atoms with Gasteiger partial charge in [0, 0.05) is 0 Å². The molecule has 2 aromatic rings. The van der Waals surface area contributed by atoms with Gasteiger partial charge in [-0.3, -0.25) is 4.79 Å². The highest BCUT2D eigenvalue weighted by Crippen LogP contribution is 2.18. The van der Waals surface area contributed by atoms with Crippen LogP contribution in [-0.2, 0) is 11.2 Å². The normalized spacial score (nSPS) is 10.9. The molecule has 0 amide bonds. The molecule has 0 atom stereocenters. The van der Waals surface area contributed by atoms with E-state index in [2.05, 4.69) is 36.3 Å². The Bertz CT molecular complexity index is 585. The number of carboxylic acids is 1. The molecule has 0 aliphatic heterocycles. The zero-order valence-electron chi connectivity index (χ0n) is 11.3. The molecule has 0 saturated heterocycles. The van der Waals surface area contributed by atoms with E-state index in [-0.39, 0.29) is 6.42 Å². The highest BCUT2D eigenvalue weighted by atomic mass is 16.4. The van der Waals surface area contributed by atoms with Crippen LogP contribution in [0.4, 0.5) is 0 Å². The van der Waals surface area contributed by atoms with Crippen LogP contribution in [0.2, 0.25) is 0 Å². The molecule has 0 unspecified atom stereocenters. The lowest BCUT2D eigenvalue weighted by atomic mass is 10.0. The number of aromatic nitrogens is 3. The molecule has 5 heteroatoms. The summed E-state index contributed by atoms with van der Waals surface area (Å²) < 4.78 is 1.67. The largest absolute Gasteiger partial charge is 0.481 e. The molecule has 0 spiro atoms. The molecule has 100 valence electrons. The first kappa shape index (κ1) is 13.3. The second-order valence-electron chi connectivity index (χ2n) is 4.85. The monoisotopic (exact) mass is 259 g/mol. The van der Waals surface area contributed by atoms with Crippen LogP contribution >= 0.6 is 0 Å². The molecule has 0 fully saturated rings. The lowest BCUT2D eigenvalue weighted by Gasteiger charge is -2.07. The molecule has 19 heavy (non-hydrogen) atoms. The van der Waals surface area contributed by atoms with Crippen LogP contribution in [0.15, 0.2) is 24.3 Å². The third-order valence-corrected chi connectivity index (χ3v) is 3.11. The third-order valence-electron chi connectivity index (χ3n) is 3.11. The van der Waals surface area contributed by atoms with Gasteiger partial charge in [-0.2, -0.15) is 0 Å². The first-order valence-corrected chi connectivity index (χ1v) is 6.22. The number of nitrogens with zero attached hydrogens (tertiary/aromatic N) is 3. The topological polar surface area (TPSA) is 68.0 Å². The lowest BCUT2D eigenvalue weighted by Crippen LogP contribution is -2.03. The van der Waals surface area contributed by atoms with Crippen molar-refractivity contribution in [3.05, 3.63) is 41.2 Å². The Morgan fingerprint density at radius 3 is 2.47 bits per heavy atom. The van der Waals surface area contributed by atoms with Gasteiger partial charge in [-0.15, -0.1) is 5.10 Å². The van der Waals surface area contributed by atoms with Crippen LogP contribution in [-0.4, -0.2) is 26.1 Å². The van der Waals surface area contributed by atoms with Gasteiger partial charge in [-0.1, -0.05) is 31.2 Å². The van der Waals surface area contributed by atoms with Crippen LogP contribution in [0.5, 0.6) is 0 Å². The summed E-state index contributed by atoms with van der Waals surface area (Å²) in [6.07, 6.45) is -0.101. The summed E-state index contributed by atoms with van der Waals surface area (Å²) in [7, 11) is 0. The standard InChI is InChI=1S/C14H17N3O2/c1-9(2)11-4-6-12(7-5-11)17-10(3)13(15-16-17)8-14(18)19/h4-7,9H,8H2,1-3H3,(H,18,19). The van der Waals surface area contributed by atoms with Crippen LogP contribution in [0.25, 0.3) is 5.69 Å². The van der Waals surface area contributed by atoms with Crippen molar-refractivity contribution < 1.29 is 9.90 Å². The predicted octanol–water partition coefficient (Wildman–Crippen LogP) is 2.33. The molecule has 0 aliphatic rings. The molecule has 1 N–H and O–H groups in total. The molecule has 0 bridgehead atoms. The van der Waals surface area contributed by atoms with E-state index < -0.39 is 5.97 Å². The summed E-state index contributed by atoms with van der Waals surface area (Å²) in [5.41, 5.74) is 3.42. The maximum Gasteiger partial charge on any atom is 0.309 e. The number of benzene rings is 1. The zero-order valence-corrected chi connectivity index (χ0v) is 11.3. The van der Waals surface area contributed by atoms with E-state index in [1.54, 1.807) is 4.68 Å². The van der Waals surface area contributed by atoms with Crippen molar-refractivity contribution in [2.24, 2.45) is 0 Å². The van der Waals surface area contributed by atoms with E-state index in [9.17, 15) is 4.79 Å². The van der Waals surface area contributed by atoms with Crippen LogP contribution in [0.3, 0.4) is 0 Å². The van der Waals surface area contributed by atoms with Crippen molar-refractivity contribution >= 4 is 5.97 Å². The van der Waals surface area contributed by atoms with Crippen LogP contribution in [0.1, 0.15) is 36.7 Å². The van der Waals surface area contributed by atoms with E-state index in [1.165, 1.54) is 5.56 Å². The number of aliphatic carboxylic acids is 1. The van der Waals surface area contributed by atoms with E-state index >= 15 is 0 Å². The summed E-state index contributed by atoms with van der Waals surface area (Å²) in [5, 5.41) is 16.7. The van der Waals surface area contributed by atoms with Gasteiger partial charge in [-0.25, -0.2) is 4.68 Å². The summed E-state index contributed by atoms with van der Waals surface area (Å²) in [4.78, 5) is 10.7. The second kappa shape index (κ2) is 5.22. The minimum Gasteiger partial charge on any atom is -0.481 e. The Hall–Kier alpha value is -2.17. The maximum absolute atomic E-state index is 10.7. The molecule has 5 nitrogen and oxygen atoms in total.